The normalized spacial score (nSPS) is 20.3. The van der Waals surface area contributed by atoms with Gasteiger partial charge in [-0.3, -0.25) is 4.68 Å². The van der Waals surface area contributed by atoms with Crippen LogP contribution in [0.5, 0.6) is 0 Å². The second kappa shape index (κ2) is 6.06. The van der Waals surface area contributed by atoms with Gasteiger partial charge in [0.1, 0.15) is 0 Å². The fourth-order valence-electron chi connectivity index (χ4n) is 2.29. The number of carbonyl (C=O) groups excluding carboxylic acids is 1. The van der Waals surface area contributed by atoms with Crippen LogP contribution >= 0.6 is 0 Å². The molecule has 1 N–H and O–H groups in total. The molecule has 1 fully saturated rings. The molecule has 2 rings (SSSR count). The van der Waals surface area contributed by atoms with E-state index in [1.165, 1.54) is 0 Å². The zero-order chi connectivity index (χ0) is 13.8. The lowest BCUT2D eigenvalue weighted by Crippen LogP contribution is -2.46. The second-order valence-corrected chi connectivity index (χ2v) is 5.17. The number of ether oxygens (including phenoxy) is 1. The Kier molecular flexibility index (Phi) is 4.42. The number of nitrogens with one attached hydrogen (secondary N) is 1. The second-order valence-electron chi connectivity index (χ2n) is 5.17. The van der Waals surface area contributed by atoms with Crippen molar-refractivity contribution in [2.75, 3.05) is 13.7 Å². The molecule has 2 atom stereocenters. The molecule has 6 nitrogen and oxygen atoms in total. The van der Waals surface area contributed by atoms with Crippen molar-refractivity contribution in [1.82, 2.24) is 20.0 Å². The van der Waals surface area contributed by atoms with Crippen LogP contribution in [0.4, 0.5) is 4.79 Å². The maximum Gasteiger partial charge on any atom is 0.317 e. The number of rotatable bonds is 4. The number of aromatic nitrogens is 2. The first-order valence-corrected chi connectivity index (χ1v) is 6.67. The average Bonchev–Trinajstić information content (AvgIpc) is 3.00. The Bertz CT molecular complexity index is 426. The minimum atomic E-state index is -0.0770. The van der Waals surface area contributed by atoms with E-state index in [1.54, 1.807) is 22.8 Å². The van der Waals surface area contributed by atoms with Crippen LogP contribution in [0.1, 0.15) is 25.3 Å². The van der Waals surface area contributed by atoms with Gasteiger partial charge in [-0.05, 0) is 19.8 Å². The Morgan fingerprint density at radius 3 is 3.11 bits per heavy atom. The summed E-state index contributed by atoms with van der Waals surface area (Å²) in [5.41, 5.74) is 1.02. The van der Waals surface area contributed by atoms with E-state index in [0.717, 1.165) is 25.0 Å². The highest BCUT2D eigenvalue weighted by Crippen LogP contribution is 2.15. The molecule has 1 aromatic rings. The lowest BCUT2D eigenvalue weighted by Gasteiger charge is -2.24. The summed E-state index contributed by atoms with van der Waals surface area (Å²) in [6.07, 6.45) is 5.93. The zero-order valence-corrected chi connectivity index (χ0v) is 11.8. The fourth-order valence-corrected chi connectivity index (χ4v) is 2.29. The van der Waals surface area contributed by atoms with Gasteiger partial charge in [-0.15, -0.1) is 0 Å². The molecule has 6 heteroatoms. The number of nitrogens with zero attached hydrogens (tertiary/aromatic N) is 3. The maximum atomic E-state index is 12.1. The fraction of sp³-hybridized carbons (Fsp3) is 0.692. The van der Waals surface area contributed by atoms with Crippen molar-refractivity contribution < 1.29 is 9.53 Å². The smallest absolute Gasteiger partial charge is 0.317 e. The van der Waals surface area contributed by atoms with E-state index < -0.39 is 0 Å². The maximum absolute atomic E-state index is 12.1. The monoisotopic (exact) mass is 266 g/mol. The van der Waals surface area contributed by atoms with Crippen LogP contribution in [0.3, 0.4) is 0 Å². The number of hydrogen-bond acceptors (Lipinski definition) is 3. The number of urea groups is 1. The van der Waals surface area contributed by atoms with Crippen LogP contribution in [-0.4, -0.2) is 46.5 Å². The number of hydrogen-bond donors (Lipinski definition) is 1. The Morgan fingerprint density at radius 2 is 2.53 bits per heavy atom. The van der Waals surface area contributed by atoms with Gasteiger partial charge in [0.05, 0.1) is 24.9 Å². The van der Waals surface area contributed by atoms with Gasteiger partial charge < -0.3 is 15.0 Å². The molecule has 2 heterocycles. The predicted octanol–water partition coefficient (Wildman–Crippen LogP) is 1.13. The molecule has 0 aliphatic carbocycles. The SMILES string of the molecule is C[C@H](NC(=O)N(C)Cc1cnn(C)c1)[C@@H]1CCCO1. The van der Waals surface area contributed by atoms with E-state index >= 15 is 0 Å². The minimum absolute atomic E-state index is 0.0475. The molecule has 0 spiro atoms. The Hall–Kier alpha value is -1.56. The van der Waals surface area contributed by atoms with Crippen LogP contribution in [-0.2, 0) is 18.3 Å². The first-order chi connectivity index (χ1) is 9.06. The van der Waals surface area contributed by atoms with Gasteiger partial charge in [0, 0.05) is 32.5 Å². The number of aryl methyl sites for hydroxylation is 1. The molecule has 0 radical (unpaired) electrons. The summed E-state index contributed by atoms with van der Waals surface area (Å²) in [6, 6.07) is -0.0294. The summed E-state index contributed by atoms with van der Waals surface area (Å²) >= 11 is 0. The molecule has 1 aliphatic rings. The van der Waals surface area contributed by atoms with Crippen LogP contribution in [0.2, 0.25) is 0 Å². The average molecular weight is 266 g/mol. The molecule has 106 valence electrons. The van der Waals surface area contributed by atoms with Crippen molar-refractivity contribution in [3.63, 3.8) is 0 Å². The number of amides is 2. The van der Waals surface area contributed by atoms with Gasteiger partial charge in [0.25, 0.3) is 0 Å². The molecule has 19 heavy (non-hydrogen) atoms. The molecular formula is C13H22N4O2. The van der Waals surface area contributed by atoms with E-state index in [2.05, 4.69) is 10.4 Å². The Morgan fingerprint density at radius 1 is 1.74 bits per heavy atom. The Balaban J connectivity index is 1.81. The van der Waals surface area contributed by atoms with Crippen LogP contribution in [0.15, 0.2) is 12.4 Å². The predicted molar refractivity (Wildman–Crippen MR) is 71.6 cm³/mol. The van der Waals surface area contributed by atoms with Gasteiger partial charge in [-0.1, -0.05) is 0 Å². The lowest BCUT2D eigenvalue weighted by atomic mass is 10.1. The molecule has 1 saturated heterocycles. The van der Waals surface area contributed by atoms with E-state index in [1.807, 2.05) is 20.2 Å². The molecule has 0 aromatic carbocycles. The van der Waals surface area contributed by atoms with E-state index in [4.69, 9.17) is 4.74 Å². The van der Waals surface area contributed by atoms with Gasteiger partial charge in [-0.25, -0.2) is 4.79 Å². The number of carbonyl (C=O) groups is 1. The quantitative estimate of drug-likeness (QED) is 0.888. The molecule has 0 saturated carbocycles. The van der Waals surface area contributed by atoms with E-state index in [9.17, 15) is 4.79 Å². The first kappa shape index (κ1) is 13.9. The highest BCUT2D eigenvalue weighted by Gasteiger charge is 2.24. The largest absolute Gasteiger partial charge is 0.376 e. The molecule has 0 unspecified atom stereocenters. The van der Waals surface area contributed by atoms with Crippen molar-refractivity contribution in [1.29, 1.82) is 0 Å². The van der Waals surface area contributed by atoms with Crippen molar-refractivity contribution >= 4 is 6.03 Å². The summed E-state index contributed by atoms with van der Waals surface area (Å²) < 4.78 is 7.30. The third kappa shape index (κ3) is 3.70. The first-order valence-electron chi connectivity index (χ1n) is 6.67. The summed E-state index contributed by atoms with van der Waals surface area (Å²) in [7, 11) is 3.65. The van der Waals surface area contributed by atoms with Crippen molar-refractivity contribution in [2.45, 2.75) is 38.5 Å². The van der Waals surface area contributed by atoms with Crippen molar-refractivity contribution in [3.05, 3.63) is 18.0 Å². The highest BCUT2D eigenvalue weighted by atomic mass is 16.5. The molecule has 2 amide bonds. The van der Waals surface area contributed by atoms with Gasteiger partial charge in [-0.2, -0.15) is 5.10 Å². The van der Waals surface area contributed by atoms with Crippen molar-refractivity contribution in [2.24, 2.45) is 7.05 Å². The van der Waals surface area contributed by atoms with E-state index in [0.29, 0.717) is 6.54 Å². The summed E-state index contributed by atoms with van der Waals surface area (Å²) in [4.78, 5) is 13.7. The van der Waals surface area contributed by atoms with Gasteiger partial charge in [0.2, 0.25) is 0 Å². The molecule has 0 bridgehead atoms. The summed E-state index contributed by atoms with van der Waals surface area (Å²) in [5.74, 6) is 0. The van der Waals surface area contributed by atoms with Crippen molar-refractivity contribution in [3.8, 4) is 0 Å². The third-order valence-electron chi connectivity index (χ3n) is 3.40. The zero-order valence-electron chi connectivity index (χ0n) is 11.8. The Labute approximate surface area is 113 Å². The van der Waals surface area contributed by atoms with Crippen LogP contribution in [0.25, 0.3) is 0 Å². The third-order valence-corrected chi connectivity index (χ3v) is 3.40. The highest BCUT2D eigenvalue weighted by molar-refractivity contribution is 5.74. The molecule has 1 aliphatic heterocycles. The standard InChI is InChI=1S/C13H22N4O2/c1-10(12-5-4-6-19-12)15-13(18)16(2)8-11-7-14-17(3)9-11/h7,9-10,12H,4-6,8H2,1-3H3,(H,15,18)/t10-,12-/m0/s1. The topological polar surface area (TPSA) is 59.4 Å². The van der Waals surface area contributed by atoms with Gasteiger partial charge in [0.15, 0.2) is 0 Å². The molecule has 1 aromatic heterocycles. The van der Waals surface area contributed by atoms with E-state index in [-0.39, 0.29) is 18.2 Å². The molecular weight excluding hydrogens is 244 g/mol. The van der Waals surface area contributed by atoms with Crippen LogP contribution in [0, 0.1) is 0 Å². The summed E-state index contributed by atoms with van der Waals surface area (Å²) in [6.45, 7) is 3.35. The van der Waals surface area contributed by atoms with Crippen LogP contribution < -0.4 is 5.32 Å². The lowest BCUT2D eigenvalue weighted by molar-refractivity contribution is 0.0838. The van der Waals surface area contributed by atoms with Gasteiger partial charge >= 0.3 is 6.03 Å². The summed E-state index contributed by atoms with van der Waals surface area (Å²) in [5, 5.41) is 7.07. The minimum Gasteiger partial charge on any atom is -0.376 e.